The largest absolute Gasteiger partial charge is 0.358 e. The Balaban J connectivity index is 2.80. The molecule has 1 heterocycles. The van der Waals surface area contributed by atoms with Crippen molar-refractivity contribution in [2.45, 2.75) is 27.2 Å². The zero-order valence-electron chi connectivity index (χ0n) is 8.44. The number of benzene rings is 1. The van der Waals surface area contributed by atoms with Gasteiger partial charge in [0, 0.05) is 16.6 Å². The summed E-state index contributed by atoms with van der Waals surface area (Å²) in [5, 5.41) is 1.37. The van der Waals surface area contributed by atoms with Crippen molar-refractivity contribution in [3.8, 4) is 0 Å². The summed E-state index contributed by atoms with van der Waals surface area (Å²) in [6.45, 7) is 6.49. The second-order valence-corrected chi connectivity index (χ2v) is 3.64. The van der Waals surface area contributed by atoms with Crippen LogP contribution in [0.1, 0.15) is 23.7 Å². The van der Waals surface area contributed by atoms with Crippen LogP contribution in [0.15, 0.2) is 18.2 Å². The van der Waals surface area contributed by atoms with Gasteiger partial charge in [-0.1, -0.05) is 19.1 Å². The van der Waals surface area contributed by atoms with Gasteiger partial charge in [0.2, 0.25) is 0 Å². The van der Waals surface area contributed by atoms with E-state index in [1.54, 1.807) is 0 Å². The quantitative estimate of drug-likeness (QED) is 0.680. The standard InChI is InChI=1S/C12H15N/c1-4-10-7-11-8(2)5-6-9(3)12(11)13-10/h5-7,13H,4H2,1-3H3. The molecule has 0 spiro atoms. The van der Waals surface area contributed by atoms with Gasteiger partial charge in [0.1, 0.15) is 0 Å². The van der Waals surface area contributed by atoms with Gasteiger partial charge in [0.05, 0.1) is 0 Å². The van der Waals surface area contributed by atoms with Gasteiger partial charge in [-0.15, -0.1) is 0 Å². The van der Waals surface area contributed by atoms with Crippen molar-refractivity contribution in [1.29, 1.82) is 0 Å². The summed E-state index contributed by atoms with van der Waals surface area (Å²) in [6, 6.07) is 6.62. The number of nitrogens with one attached hydrogen (secondary N) is 1. The third-order valence-corrected chi connectivity index (χ3v) is 2.66. The number of fused-ring (bicyclic) bond motifs is 1. The maximum absolute atomic E-state index is 3.45. The maximum Gasteiger partial charge on any atom is 0.0488 e. The Morgan fingerprint density at radius 3 is 2.46 bits per heavy atom. The summed E-state index contributed by atoms with van der Waals surface area (Å²) in [4.78, 5) is 3.45. The Morgan fingerprint density at radius 1 is 1.15 bits per heavy atom. The van der Waals surface area contributed by atoms with Crippen LogP contribution in [0.4, 0.5) is 0 Å². The Morgan fingerprint density at radius 2 is 1.85 bits per heavy atom. The summed E-state index contributed by atoms with van der Waals surface area (Å²) < 4.78 is 0. The highest BCUT2D eigenvalue weighted by atomic mass is 14.7. The van der Waals surface area contributed by atoms with Crippen LogP contribution >= 0.6 is 0 Å². The summed E-state index contributed by atoms with van der Waals surface area (Å²) >= 11 is 0. The zero-order chi connectivity index (χ0) is 9.42. The van der Waals surface area contributed by atoms with Gasteiger partial charge in [0.25, 0.3) is 0 Å². The molecule has 0 bridgehead atoms. The molecular formula is C12H15N. The smallest absolute Gasteiger partial charge is 0.0488 e. The van der Waals surface area contributed by atoms with Crippen LogP contribution in [-0.2, 0) is 6.42 Å². The zero-order valence-corrected chi connectivity index (χ0v) is 8.44. The van der Waals surface area contributed by atoms with E-state index in [2.05, 4.69) is 44.0 Å². The Labute approximate surface area is 78.8 Å². The normalized spacial score (nSPS) is 11.0. The molecular weight excluding hydrogens is 158 g/mol. The molecule has 0 saturated carbocycles. The van der Waals surface area contributed by atoms with Gasteiger partial charge < -0.3 is 4.98 Å². The molecule has 1 nitrogen and oxygen atoms in total. The number of rotatable bonds is 1. The predicted octanol–water partition coefficient (Wildman–Crippen LogP) is 3.35. The molecule has 1 aromatic carbocycles. The molecule has 1 aromatic heterocycles. The van der Waals surface area contributed by atoms with Crippen LogP contribution in [0.5, 0.6) is 0 Å². The number of aromatic amines is 1. The van der Waals surface area contributed by atoms with E-state index in [1.165, 1.54) is 27.7 Å². The summed E-state index contributed by atoms with van der Waals surface area (Å²) in [7, 11) is 0. The van der Waals surface area contributed by atoms with Gasteiger partial charge in [0.15, 0.2) is 0 Å². The molecule has 0 saturated heterocycles. The topological polar surface area (TPSA) is 15.8 Å². The molecule has 13 heavy (non-hydrogen) atoms. The molecule has 0 amide bonds. The van der Waals surface area contributed by atoms with Crippen molar-refractivity contribution in [1.82, 2.24) is 4.98 Å². The van der Waals surface area contributed by atoms with E-state index in [0.29, 0.717) is 0 Å². The molecule has 0 aliphatic carbocycles. The van der Waals surface area contributed by atoms with Crippen LogP contribution in [0.2, 0.25) is 0 Å². The highest BCUT2D eigenvalue weighted by Gasteiger charge is 2.03. The number of H-pyrrole nitrogens is 1. The number of hydrogen-bond donors (Lipinski definition) is 1. The van der Waals surface area contributed by atoms with Crippen molar-refractivity contribution in [2.75, 3.05) is 0 Å². The lowest BCUT2D eigenvalue weighted by molar-refractivity contribution is 1.07. The molecule has 2 rings (SSSR count). The second-order valence-electron chi connectivity index (χ2n) is 3.64. The van der Waals surface area contributed by atoms with E-state index >= 15 is 0 Å². The van der Waals surface area contributed by atoms with E-state index < -0.39 is 0 Å². The van der Waals surface area contributed by atoms with Crippen molar-refractivity contribution in [3.63, 3.8) is 0 Å². The maximum atomic E-state index is 3.45. The summed E-state index contributed by atoms with van der Waals surface area (Å²) in [5.41, 5.74) is 5.32. The molecule has 0 aliphatic heterocycles. The van der Waals surface area contributed by atoms with Crippen LogP contribution in [0.25, 0.3) is 10.9 Å². The third kappa shape index (κ3) is 1.24. The molecule has 0 atom stereocenters. The van der Waals surface area contributed by atoms with E-state index in [-0.39, 0.29) is 0 Å². The van der Waals surface area contributed by atoms with Gasteiger partial charge in [-0.05, 0) is 37.5 Å². The molecule has 0 fully saturated rings. The molecule has 2 aromatic rings. The lowest BCUT2D eigenvalue weighted by atomic mass is 10.1. The van der Waals surface area contributed by atoms with Crippen LogP contribution in [0.3, 0.4) is 0 Å². The van der Waals surface area contributed by atoms with Gasteiger partial charge in [-0.25, -0.2) is 0 Å². The molecule has 68 valence electrons. The first-order valence-electron chi connectivity index (χ1n) is 4.80. The molecule has 0 unspecified atom stereocenters. The number of aromatic nitrogens is 1. The second kappa shape index (κ2) is 2.91. The summed E-state index contributed by atoms with van der Waals surface area (Å²) in [5.74, 6) is 0. The fraction of sp³-hybridized carbons (Fsp3) is 0.333. The minimum Gasteiger partial charge on any atom is -0.358 e. The molecule has 0 aliphatic rings. The number of hydrogen-bond acceptors (Lipinski definition) is 0. The first kappa shape index (κ1) is 8.36. The van der Waals surface area contributed by atoms with Crippen molar-refractivity contribution >= 4 is 10.9 Å². The van der Waals surface area contributed by atoms with Crippen molar-refractivity contribution in [2.24, 2.45) is 0 Å². The van der Waals surface area contributed by atoms with E-state index in [0.717, 1.165) is 6.42 Å². The summed E-state index contributed by atoms with van der Waals surface area (Å²) in [6.07, 6.45) is 1.08. The monoisotopic (exact) mass is 173 g/mol. The first-order chi connectivity index (χ1) is 6.22. The van der Waals surface area contributed by atoms with E-state index in [1.807, 2.05) is 0 Å². The van der Waals surface area contributed by atoms with Crippen LogP contribution in [0, 0.1) is 13.8 Å². The predicted molar refractivity (Wildman–Crippen MR) is 57.2 cm³/mol. The van der Waals surface area contributed by atoms with Crippen LogP contribution < -0.4 is 0 Å². The Kier molecular flexibility index (Phi) is 1.87. The van der Waals surface area contributed by atoms with Crippen LogP contribution in [-0.4, -0.2) is 4.98 Å². The highest BCUT2D eigenvalue weighted by molar-refractivity contribution is 5.86. The number of aryl methyl sites for hydroxylation is 3. The van der Waals surface area contributed by atoms with Gasteiger partial charge in [-0.3, -0.25) is 0 Å². The van der Waals surface area contributed by atoms with E-state index in [9.17, 15) is 0 Å². The minimum absolute atomic E-state index is 1.08. The Hall–Kier alpha value is -1.24. The lowest BCUT2D eigenvalue weighted by Gasteiger charge is -1.98. The first-order valence-corrected chi connectivity index (χ1v) is 4.80. The average molecular weight is 173 g/mol. The average Bonchev–Trinajstić information content (AvgIpc) is 2.56. The van der Waals surface area contributed by atoms with Crippen molar-refractivity contribution in [3.05, 3.63) is 35.0 Å². The lowest BCUT2D eigenvalue weighted by Crippen LogP contribution is -1.79. The van der Waals surface area contributed by atoms with E-state index in [4.69, 9.17) is 0 Å². The SMILES string of the molecule is CCc1cc2c(C)ccc(C)c2[nH]1. The van der Waals surface area contributed by atoms with Crippen molar-refractivity contribution < 1.29 is 0 Å². The highest BCUT2D eigenvalue weighted by Crippen LogP contribution is 2.22. The Bertz CT molecular complexity index is 399. The van der Waals surface area contributed by atoms with Gasteiger partial charge in [-0.2, -0.15) is 0 Å². The van der Waals surface area contributed by atoms with Gasteiger partial charge >= 0.3 is 0 Å². The molecule has 0 radical (unpaired) electrons. The third-order valence-electron chi connectivity index (χ3n) is 2.66. The minimum atomic E-state index is 1.08. The fourth-order valence-corrected chi connectivity index (χ4v) is 1.75. The fourth-order valence-electron chi connectivity index (χ4n) is 1.75. The molecule has 1 heteroatoms. The molecule has 1 N–H and O–H groups in total.